The van der Waals surface area contributed by atoms with Crippen LogP contribution < -0.4 is 0 Å². The molecule has 0 N–H and O–H groups in total. The van der Waals surface area contributed by atoms with E-state index >= 15 is 0 Å². The first kappa shape index (κ1) is 13.4. The molecule has 6 heteroatoms. The SMILES string of the molecule is CC(C)c1nc(C(F)(F)F)sc1CN(C)C. The Hall–Kier alpha value is -0.620. The highest BCUT2D eigenvalue weighted by Crippen LogP contribution is 2.36. The zero-order valence-corrected chi connectivity index (χ0v) is 10.5. The van der Waals surface area contributed by atoms with E-state index in [4.69, 9.17) is 0 Å². The number of hydrogen-bond donors (Lipinski definition) is 0. The van der Waals surface area contributed by atoms with Gasteiger partial charge in [0.05, 0.1) is 5.69 Å². The van der Waals surface area contributed by atoms with Crippen LogP contribution in [0.25, 0.3) is 0 Å². The Morgan fingerprint density at radius 1 is 1.31 bits per heavy atom. The molecule has 0 aromatic carbocycles. The van der Waals surface area contributed by atoms with Crippen LogP contribution in [0.15, 0.2) is 0 Å². The molecule has 0 aliphatic heterocycles. The predicted octanol–water partition coefficient (Wildman–Crippen LogP) is 3.35. The molecule has 0 saturated carbocycles. The fraction of sp³-hybridized carbons (Fsp3) is 0.700. The number of nitrogens with zero attached hydrogens (tertiary/aromatic N) is 2. The van der Waals surface area contributed by atoms with Gasteiger partial charge in [-0.2, -0.15) is 13.2 Å². The van der Waals surface area contributed by atoms with Crippen molar-refractivity contribution in [3.05, 3.63) is 15.6 Å². The van der Waals surface area contributed by atoms with Gasteiger partial charge in [0.2, 0.25) is 0 Å². The molecule has 0 aliphatic rings. The number of halogens is 3. The fourth-order valence-electron chi connectivity index (χ4n) is 1.34. The molecule has 16 heavy (non-hydrogen) atoms. The molecule has 92 valence electrons. The molecule has 0 saturated heterocycles. The Bertz CT molecular complexity index is 355. The summed E-state index contributed by atoms with van der Waals surface area (Å²) in [5, 5.41) is -0.743. The number of hydrogen-bond acceptors (Lipinski definition) is 3. The maximum atomic E-state index is 12.5. The summed E-state index contributed by atoms with van der Waals surface area (Å²) in [4.78, 5) is 6.25. The van der Waals surface area contributed by atoms with Gasteiger partial charge in [-0.25, -0.2) is 4.98 Å². The lowest BCUT2D eigenvalue weighted by Crippen LogP contribution is -2.11. The Morgan fingerprint density at radius 2 is 1.88 bits per heavy atom. The molecule has 0 amide bonds. The number of thiazole rings is 1. The second-order valence-corrected chi connectivity index (χ2v) is 5.30. The van der Waals surface area contributed by atoms with Crippen LogP contribution in [0.2, 0.25) is 0 Å². The average Bonchev–Trinajstić information content (AvgIpc) is 2.45. The van der Waals surface area contributed by atoms with E-state index in [-0.39, 0.29) is 5.92 Å². The highest BCUT2D eigenvalue weighted by atomic mass is 32.1. The van der Waals surface area contributed by atoms with Crippen molar-refractivity contribution in [2.75, 3.05) is 14.1 Å². The zero-order chi connectivity index (χ0) is 12.5. The van der Waals surface area contributed by atoms with E-state index in [0.29, 0.717) is 17.1 Å². The number of rotatable bonds is 3. The van der Waals surface area contributed by atoms with Crippen LogP contribution in [0.5, 0.6) is 0 Å². The van der Waals surface area contributed by atoms with Crippen LogP contribution in [0.3, 0.4) is 0 Å². The minimum Gasteiger partial charge on any atom is -0.304 e. The third kappa shape index (κ3) is 3.18. The van der Waals surface area contributed by atoms with Gasteiger partial charge in [-0.05, 0) is 20.0 Å². The first-order valence-electron chi connectivity index (χ1n) is 4.93. The van der Waals surface area contributed by atoms with Gasteiger partial charge in [-0.3, -0.25) is 0 Å². The molecular weight excluding hydrogens is 237 g/mol. The molecule has 1 heterocycles. The van der Waals surface area contributed by atoms with Crippen molar-refractivity contribution in [2.24, 2.45) is 0 Å². The van der Waals surface area contributed by atoms with Crippen molar-refractivity contribution in [1.29, 1.82) is 0 Å². The van der Waals surface area contributed by atoms with Crippen LogP contribution in [0, 0.1) is 0 Å². The van der Waals surface area contributed by atoms with Crippen LogP contribution >= 0.6 is 11.3 Å². The lowest BCUT2D eigenvalue weighted by Gasteiger charge is -2.10. The Kier molecular flexibility index (Phi) is 3.96. The van der Waals surface area contributed by atoms with E-state index in [1.54, 1.807) is 0 Å². The lowest BCUT2D eigenvalue weighted by atomic mass is 10.1. The third-order valence-electron chi connectivity index (χ3n) is 1.98. The Balaban J connectivity index is 3.10. The predicted molar refractivity (Wildman–Crippen MR) is 58.6 cm³/mol. The molecule has 0 unspecified atom stereocenters. The molecule has 2 nitrogen and oxygen atoms in total. The monoisotopic (exact) mass is 252 g/mol. The van der Waals surface area contributed by atoms with Crippen molar-refractivity contribution in [3.8, 4) is 0 Å². The molecule has 0 atom stereocenters. The standard InChI is InChI=1S/C10H15F3N2S/c1-6(2)8-7(5-15(3)4)16-9(14-8)10(11,12)13/h6H,5H2,1-4H3. The molecule has 0 spiro atoms. The Labute approximate surface area is 97.1 Å². The molecule has 1 aromatic rings. The second-order valence-electron chi connectivity index (χ2n) is 4.22. The van der Waals surface area contributed by atoms with E-state index in [0.717, 1.165) is 11.3 Å². The summed E-state index contributed by atoms with van der Waals surface area (Å²) in [6.45, 7) is 4.21. The van der Waals surface area contributed by atoms with Gasteiger partial charge in [0.1, 0.15) is 0 Å². The maximum Gasteiger partial charge on any atom is 0.443 e. The summed E-state index contributed by atoms with van der Waals surface area (Å²) in [7, 11) is 3.66. The quantitative estimate of drug-likeness (QED) is 0.820. The first-order valence-corrected chi connectivity index (χ1v) is 5.75. The maximum absolute atomic E-state index is 12.5. The van der Waals surface area contributed by atoms with E-state index in [2.05, 4.69) is 4.98 Å². The van der Waals surface area contributed by atoms with Gasteiger partial charge < -0.3 is 4.90 Å². The minimum absolute atomic E-state index is 0.0160. The Morgan fingerprint density at radius 3 is 2.25 bits per heavy atom. The summed E-state index contributed by atoms with van der Waals surface area (Å²) in [6.07, 6.45) is -4.33. The van der Waals surface area contributed by atoms with Crippen LogP contribution in [-0.2, 0) is 12.7 Å². The topological polar surface area (TPSA) is 16.1 Å². The van der Waals surface area contributed by atoms with Gasteiger partial charge in [0.25, 0.3) is 0 Å². The zero-order valence-electron chi connectivity index (χ0n) is 9.72. The van der Waals surface area contributed by atoms with E-state index < -0.39 is 11.2 Å². The summed E-state index contributed by atoms with van der Waals surface area (Å²) in [6, 6.07) is 0. The van der Waals surface area contributed by atoms with Crippen LogP contribution in [0.4, 0.5) is 13.2 Å². The normalized spacial score (nSPS) is 12.8. The molecule has 1 aromatic heterocycles. The minimum atomic E-state index is -4.33. The van der Waals surface area contributed by atoms with Crippen molar-refractivity contribution in [3.63, 3.8) is 0 Å². The van der Waals surface area contributed by atoms with E-state index in [1.165, 1.54) is 0 Å². The molecule has 0 bridgehead atoms. The lowest BCUT2D eigenvalue weighted by molar-refractivity contribution is -0.137. The summed E-state index contributed by atoms with van der Waals surface area (Å²) in [5.41, 5.74) is 0.561. The smallest absolute Gasteiger partial charge is 0.304 e. The van der Waals surface area contributed by atoms with Gasteiger partial charge in [0, 0.05) is 11.4 Å². The van der Waals surface area contributed by atoms with Gasteiger partial charge >= 0.3 is 6.18 Å². The summed E-state index contributed by atoms with van der Waals surface area (Å²) < 4.78 is 37.5. The van der Waals surface area contributed by atoms with Gasteiger partial charge in [0.15, 0.2) is 5.01 Å². The molecule has 1 rings (SSSR count). The van der Waals surface area contributed by atoms with E-state index in [9.17, 15) is 13.2 Å². The summed E-state index contributed by atoms with van der Waals surface area (Å²) >= 11 is 0.745. The van der Waals surface area contributed by atoms with Crippen molar-refractivity contribution < 1.29 is 13.2 Å². The van der Waals surface area contributed by atoms with Crippen molar-refractivity contribution >= 4 is 11.3 Å². The van der Waals surface area contributed by atoms with Crippen LogP contribution in [0.1, 0.15) is 35.3 Å². The number of alkyl halides is 3. The first-order chi connectivity index (χ1) is 7.21. The number of aromatic nitrogens is 1. The molecular formula is C10H15F3N2S. The molecule has 0 fully saturated rings. The van der Waals surface area contributed by atoms with Gasteiger partial charge in [-0.1, -0.05) is 13.8 Å². The van der Waals surface area contributed by atoms with Crippen molar-refractivity contribution in [1.82, 2.24) is 9.88 Å². The summed E-state index contributed by atoms with van der Waals surface area (Å²) in [5.74, 6) is 0.0160. The van der Waals surface area contributed by atoms with E-state index in [1.807, 2.05) is 32.8 Å². The largest absolute Gasteiger partial charge is 0.443 e. The molecule has 0 radical (unpaired) electrons. The fourth-order valence-corrected chi connectivity index (χ4v) is 2.54. The highest BCUT2D eigenvalue weighted by molar-refractivity contribution is 7.11. The third-order valence-corrected chi connectivity index (χ3v) is 3.08. The molecule has 0 aliphatic carbocycles. The van der Waals surface area contributed by atoms with Crippen molar-refractivity contribution in [2.45, 2.75) is 32.5 Å². The van der Waals surface area contributed by atoms with Crippen LogP contribution in [-0.4, -0.2) is 24.0 Å². The average molecular weight is 252 g/mol. The second kappa shape index (κ2) is 4.71. The van der Waals surface area contributed by atoms with Gasteiger partial charge in [-0.15, -0.1) is 11.3 Å². The highest BCUT2D eigenvalue weighted by Gasteiger charge is 2.36.